The predicted molar refractivity (Wildman–Crippen MR) is 134 cm³/mol. The number of sulfone groups is 1. The average molecular weight is 549 g/mol. The van der Waals surface area contributed by atoms with Gasteiger partial charge in [0.25, 0.3) is 11.1 Å². The zero-order valence-electron chi connectivity index (χ0n) is 19.4. The van der Waals surface area contributed by atoms with Crippen LogP contribution in [0, 0.1) is 0 Å². The van der Waals surface area contributed by atoms with Crippen LogP contribution in [0.25, 0.3) is 11.2 Å². The summed E-state index contributed by atoms with van der Waals surface area (Å²) in [5.41, 5.74) is 1.01. The average Bonchev–Trinajstić information content (AvgIpc) is 3.46. The van der Waals surface area contributed by atoms with Gasteiger partial charge in [-0.3, -0.25) is 9.36 Å². The fourth-order valence-corrected chi connectivity index (χ4v) is 5.70. The molecule has 0 aliphatic carbocycles. The summed E-state index contributed by atoms with van der Waals surface area (Å²) >= 11 is 5.39. The van der Waals surface area contributed by atoms with E-state index in [1.807, 2.05) is 0 Å². The number of carbonyl (C=O) groups is 1. The minimum Gasteiger partial charge on any atom is -0.460 e. The van der Waals surface area contributed by atoms with Gasteiger partial charge in [-0.05, 0) is 24.4 Å². The van der Waals surface area contributed by atoms with Crippen LogP contribution in [0.1, 0.15) is 16.6 Å². The molecule has 2 aliphatic rings. The zero-order chi connectivity index (χ0) is 26.2. The number of aliphatic hydroxyl groups is 2. The Labute approximate surface area is 217 Å². The van der Waals surface area contributed by atoms with E-state index in [4.69, 9.17) is 21.7 Å². The van der Waals surface area contributed by atoms with E-state index in [9.17, 15) is 23.4 Å². The standard InChI is InChI=1S/C22H24N6O7S2/c29-10-14-16(30)17(35-22(36)27-6-8-37(32,33)9-7-27)21(34-14)28-12-25-15-18(23-11-24-19(15)28)26-20(31)13-4-2-1-3-5-13/h1-5,11-12,14,16-17,21,29-30H,6-10H2,(H,23,24,26,31). The number of anilines is 1. The lowest BCUT2D eigenvalue weighted by molar-refractivity contribution is -0.0505. The van der Waals surface area contributed by atoms with E-state index in [2.05, 4.69) is 20.3 Å². The first-order chi connectivity index (χ1) is 17.8. The van der Waals surface area contributed by atoms with Gasteiger partial charge in [-0.25, -0.2) is 23.4 Å². The van der Waals surface area contributed by atoms with E-state index in [1.165, 1.54) is 17.2 Å². The third-order valence-corrected chi connectivity index (χ3v) is 8.20. The fourth-order valence-electron chi connectivity index (χ4n) is 4.20. The first-order valence-electron chi connectivity index (χ1n) is 11.4. The summed E-state index contributed by atoms with van der Waals surface area (Å²) in [7, 11) is -3.12. The SMILES string of the molecule is O=C(Nc1ncnc2c1ncn2C1OC(CO)C(O)C1OC(=S)N1CCS(=O)(=O)CC1)c1ccccc1. The molecule has 0 bridgehead atoms. The molecule has 1 aromatic carbocycles. The van der Waals surface area contributed by atoms with Crippen LogP contribution in [-0.2, 0) is 19.3 Å². The molecular weight excluding hydrogens is 524 g/mol. The summed E-state index contributed by atoms with van der Waals surface area (Å²) in [4.78, 5) is 27.0. The van der Waals surface area contributed by atoms with Crippen LogP contribution in [0.15, 0.2) is 43.0 Å². The molecule has 3 N–H and O–H groups in total. The van der Waals surface area contributed by atoms with E-state index in [0.29, 0.717) is 5.56 Å². The van der Waals surface area contributed by atoms with Crippen molar-refractivity contribution < 1.29 is 32.9 Å². The summed E-state index contributed by atoms with van der Waals surface area (Å²) in [6, 6.07) is 8.61. The van der Waals surface area contributed by atoms with E-state index < -0.39 is 41.0 Å². The van der Waals surface area contributed by atoms with Crippen molar-refractivity contribution >= 4 is 50.1 Å². The Kier molecular flexibility index (Phi) is 7.04. The molecule has 2 saturated heterocycles. The maximum atomic E-state index is 12.6. The molecular formula is C22H24N6O7S2. The number of hydrogen-bond donors (Lipinski definition) is 3. The maximum Gasteiger partial charge on any atom is 0.259 e. The number of ether oxygens (including phenoxy) is 2. The number of nitrogens with zero attached hydrogens (tertiary/aromatic N) is 5. The number of carbonyl (C=O) groups excluding carboxylic acids is 1. The molecule has 2 aliphatic heterocycles. The second-order valence-electron chi connectivity index (χ2n) is 8.59. The van der Waals surface area contributed by atoms with Crippen LogP contribution in [-0.4, -0.2) is 104 Å². The van der Waals surface area contributed by atoms with Crippen LogP contribution in [0.5, 0.6) is 0 Å². The lowest BCUT2D eigenvalue weighted by atomic mass is 10.1. The van der Waals surface area contributed by atoms with Gasteiger partial charge < -0.3 is 29.9 Å². The topological polar surface area (TPSA) is 169 Å². The van der Waals surface area contributed by atoms with Gasteiger partial charge in [0.15, 0.2) is 39.2 Å². The van der Waals surface area contributed by atoms with Gasteiger partial charge in [-0.2, -0.15) is 0 Å². The molecule has 15 heteroatoms. The first-order valence-corrected chi connectivity index (χ1v) is 13.6. The number of nitrogens with one attached hydrogen (secondary N) is 1. The molecule has 13 nitrogen and oxygen atoms in total. The minimum absolute atomic E-state index is 0.0148. The van der Waals surface area contributed by atoms with Gasteiger partial charge >= 0.3 is 0 Å². The molecule has 4 heterocycles. The number of fused-ring (bicyclic) bond motifs is 1. The van der Waals surface area contributed by atoms with Crippen LogP contribution in [0.3, 0.4) is 0 Å². The lowest BCUT2D eigenvalue weighted by Gasteiger charge is -2.31. The summed E-state index contributed by atoms with van der Waals surface area (Å²) in [6.45, 7) is -0.137. The highest BCUT2D eigenvalue weighted by atomic mass is 32.2. The van der Waals surface area contributed by atoms with Crippen molar-refractivity contribution in [1.29, 1.82) is 0 Å². The Balaban J connectivity index is 1.40. The molecule has 4 unspecified atom stereocenters. The Hall–Kier alpha value is -3.24. The smallest absolute Gasteiger partial charge is 0.259 e. The molecule has 1 amide bonds. The van der Waals surface area contributed by atoms with Gasteiger partial charge in [0.05, 0.1) is 24.4 Å². The molecule has 37 heavy (non-hydrogen) atoms. The van der Waals surface area contributed by atoms with Crippen molar-refractivity contribution in [3.05, 3.63) is 48.5 Å². The van der Waals surface area contributed by atoms with Crippen molar-refractivity contribution in [2.75, 3.05) is 36.5 Å². The van der Waals surface area contributed by atoms with Crippen molar-refractivity contribution in [3.8, 4) is 0 Å². The summed E-state index contributed by atoms with van der Waals surface area (Å²) < 4.78 is 36.8. The lowest BCUT2D eigenvalue weighted by Crippen LogP contribution is -2.47. The zero-order valence-corrected chi connectivity index (χ0v) is 21.0. The van der Waals surface area contributed by atoms with Crippen LogP contribution in [0.4, 0.5) is 5.82 Å². The number of amides is 1. The van der Waals surface area contributed by atoms with Crippen LogP contribution in [0.2, 0.25) is 0 Å². The summed E-state index contributed by atoms with van der Waals surface area (Å²) in [5.74, 6) is -0.303. The van der Waals surface area contributed by atoms with Crippen molar-refractivity contribution in [1.82, 2.24) is 24.4 Å². The highest BCUT2D eigenvalue weighted by Gasteiger charge is 2.47. The number of aliphatic hydroxyl groups excluding tert-OH is 2. The molecule has 0 spiro atoms. The van der Waals surface area contributed by atoms with Crippen molar-refractivity contribution in [2.24, 2.45) is 0 Å². The largest absolute Gasteiger partial charge is 0.460 e. The predicted octanol–water partition coefficient (Wildman–Crippen LogP) is -0.270. The first kappa shape index (κ1) is 25.4. The highest BCUT2D eigenvalue weighted by Crippen LogP contribution is 2.34. The highest BCUT2D eigenvalue weighted by molar-refractivity contribution is 7.91. The monoisotopic (exact) mass is 548 g/mol. The number of thiocarbonyl (C=S) groups is 1. The van der Waals surface area contributed by atoms with Gasteiger partial charge in [-0.1, -0.05) is 18.2 Å². The third kappa shape index (κ3) is 5.13. The number of imidazole rings is 1. The molecule has 2 aromatic heterocycles. The van der Waals surface area contributed by atoms with Crippen molar-refractivity contribution in [2.45, 2.75) is 24.5 Å². The summed E-state index contributed by atoms with van der Waals surface area (Å²) in [6.07, 6.45) is -1.62. The molecule has 0 radical (unpaired) electrons. The summed E-state index contributed by atoms with van der Waals surface area (Å²) in [5, 5.41) is 23.3. The number of rotatable bonds is 5. The van der Waals surface area contributed by atoms with E-state index >= 15 is 0 Å². The van der Waals surface area contributed by atoms with Gasteiger partial charge in [0.1, 0.15) is 18.5 Å². The minimum atomic E-state index is -3.12. The molecule has 0 saturated carbocycles. The molecule has 2 fully saturated rings. The van der Waals surface area contributed by atoms with E-state index in [0.717, 1.165) is 0 Å². The second-order valence-corrected chi connectivity index (χ2v) is 11.2. The Morgan fingerprint density at radius 2 is 1.92 bits per heavy atom. The maximum absolute atomic E-state index is 12.6. The Bertz CT molecular complexity index is 1400. The molecule has 196 valence electrons. The van der Waals surface area contributed by atoms with Crippen LogP contribution >= 0.6 is 12.2 Å². The van der Waals surface area contributed by atoms with Crippen molar-refractivity contribution in [3.63, 3.8) is 0 Å². The fraction of sp³-hybridized carbons (Fsp3) is 0.409. The second kappa shape index (κ2) is 10.3. The quantitative estimate of drug-likeness (QED) is 0.357. The Morgan fingerprint density at radius 3 is 2.62 bits per heavy atom. The van der Waals surface area contributed by atoms with E-state index in [-0.39, 0.29) is 52.7 Å². The van der Waals surface area contributed by atoms with Crippen LogP contribution < -0.4 is 5.32 Å². The van der Waals surface area contributed by atoms with Gasteiger partial charge in [0.2, 0.25) is 0 Å². The number of benzene rings is 1. The number of aromatic nitrogens is 4. The Morgan fingerprint density at radius 1 is 1.19 bits per heavy atom. The molecule has 5 rings (SSSR count). The third-order valence-electron chi connectivity index (χ3n) is 6.23. The van der Waals surface area contributed by atoms with Gasteiger partial charge in [0, 0.05) is 18.7 Å². The van der Waals surface area contributed by atoms with E-state index in [1.54, 1.807) is 35.2 Å². The number of hydrogen-bond acceptors (Lipinski definition) is 11. The van der Waals surface area contributed by atoms with Gasteiger partial charge in [-0.15, -0.1) is 0 Å². The normalized spacial score (nSPS) is 25.2. The molecule has 4 atom stereocenters. The molecule has 3 aromatic rings.